The van der Waals surface area contributed by atoms with Gasteiger partial charge in [0.2, 0.25) is 11.3 Å². The minimum Gasteiger partial charge on any atom is -0.391 e. The minimum absolute atomic E-state index is 0.0157. The number of amides is 2. The van der Waals surface area contributed by atoms with Gasteiger partial charge in [0.1, 0.15) is 22.9 Å². The number of pyridine rings is 2. The highest BCUT2D eigenvalue weighted by Gasteiger charge is 2.52. The third-order valence-corrected chi connectivity index (χ3v) is 6.46. The fourth-order valence-electron chi connectivity index (χ4n) is 4.54. The number of alkyl halides is 3. The van der Waals surface area contributed by atoms with Gasteiger partial charge in [-0.05, 0) is 25.0 Å². The van der Waals surface area contributed by atoms with Crippen molar-refractivity contribution in [3.63, 3.8) is 0 Å². The smallest absolute Gasteiger partial charge is 0.391 e. The predicted molar refractivity (Wildman–Crippen MR) is 120 cm³/mol. The molecule has 0 spiro atoms. The van der Waals surface area contributed by atoms with E-state index in [4.69, 9.17) is 0 Å². The van der Waals surface area contributed by atoms with Gasteiger partial charge >= 0.3 is 6.18 Å². The van der Waals surface area contributed by atoms with E-state index in [1.165, 1.54) is 6.07 Å². The van der Waals surface area contributed by atoms with E-state index in [9.17, 15) is 45.8 Å². The van der Waals surface area contributed by atoms with Gasteiger partial charge in [-0.2, -0.15) is 13.2 Å². The number of benzene rings is 1. The maximum absolute atomic E-state index is 14.8. The first kappa shape index (κ1) is 25.7. The van der Waals surface area contributed by atoms with Gasteiger partial charge in [0.15, 0.2) is 17.3 Å². The number of hydrogen-bond donors (Lipinski definition) is 2. The van der Waals surface area contributed by atoms with Crippen LogP contribution >= 0.6 is 0 Å². The lowest BCUT2D eigenvalue weighted by Crippen LogP contribution is -2.42. The number of anilines is 1. The molecule has 14 heteroatoms. The fraction of sp³-hybridized carbons (Fsp3) is 0.333. The largest absolute Gasteiger partial charge is 0.391 e. The molecule has 8 nitrogen and oxygen atoms in total. The zero-order valence-corrected chi connectivity index (χ0v) is 19.3. The van der Waals surface area contributed by atoms with Crippen molar-refractivity contribution in [2.75, 3.05) is 11.4 Å². The lowest BCUT2D eigenvalue weighted by molar-refractivity contribution is -0.141. The molecule has 3 heterocycles. The molecule has 2 fully saturated rings. The predicted octanol–water partition coefficient (Wildman–Crippen LogP) is 3.12. The maximum Gasteiger partial charge on any atom is 0.391 e. The summed E-state index contributed by atoms with van der Waals surface area (Å²) >= 11 is 0. The summed E-state index contributed by atoms with van der Waals surface area (Å²) in [5, 5.41) is 11.7. The Morgan fingerprint density at radius 2 is 1.79 bits per heavy atom. The maximum atomic E-state index is 14.8. The Hall–Kier alpha value is -3.94. The Kier molecular flexibility index (Phi) is 5.97. The van der Waals surface area contributed by atoms with E-state index in [1.54, 1.807) is 0 Å². The summed E-state index contributed by atoms with van der Waals surface area (Å²) < 4.78 is 82.8. The Morgan fingerprint density at radius 1 is 1.13 bits per heavy atom. The third kappa shape index (κ3) is 4.71. The third-order valence-electron chi connectivity index (χ3n) is 6.46. The molecule has 1 aliphatic carbocycles. The molecule has 2 aliphatic rings. The zero-order chi connectivity index (χ0) is 27.6. The number of aliphatic hydroxyl groups is 1. The molecule has 5 rings (SSSR count). The number of β-amino-alcohol motifs (C(OH)–C–C–N with tert-alkyl or cyclic N) is 1. The van der Waals surface area contributed by atoms with E-state index in [2.05, 4.69) is 10.3 Å². The van der Waals surface area contributed by atoms with Crippen molar-refractivity contribution in [1.82, 2.24) is 14.9 Å². The molecule has 0 radical (unpaired) electrons. The van der Waals surface area contributed by atoms with Crippen LogP contribution in [-0.4, -0.2) is 50.8 Å². The van der Waals surface area contributed by atoms with Gasteiger partial charge in [0, 0.05) is 23.9 Å². The monoisotopic (exact) mass is 540 g/mol. The summed E-state index contributed by atoms with van der Waals surface area (Å²) in [5.74, 6) is -5.87. The van der Waals surface area contributed by atoms with Gasteiger partial charge in [0.05, 0.1) is 30.9 Å². The second kappa shape index (κ2) is 8.82. The number of nitrogens with one attached hydrogen (secondary N) is 1. The number of halogens is 6. The second-order valence-electron chi connectivity index (χ2n) is 9.39. The Labute approximate surface area is 209 Å². The van der Waals surface area contributed by atoms with Gasteiger partial charge in [-0.25, -0.2) is 18.2 Å². The van der Waals surface area contributed by atoms with E-state index in [-0.39, 0.29) is 37.0 Å². The van der Waals surface area contributed by atoms with Crippen LogP contribution in [0.2, 0.25) is 0 Å². The molecule has 200 valence electrons. The first-order chi connectivity index (χ1) is 17.8. The number of nitrogens with zero attached hydrogens (tertiary/aromatic N) is 3. The Balaban J connectivity index is 1.68. The molecule has 0 bridgehead atoms. The van der Waals surface area contributed by atoms with E-state index in [0.29, 0.717) is 22.9 Å². The SMILES string of the molecule is O=C(NC1(CC(F)(F)F)CC1)c1cn(-c2c(F)cc(F)cc2F)c2nc(N3CC(O)CC3=O)ccc2c1=O. The van der Waals surface area contributed by atoms with Gasteiger partial charge in [0.25, 0.3) is 5.91 Å². The number of carbonyl (C=O) groups is 2. The van der Waals surface area contributed by atoms with Crippen LogP contribution in [0.15, 0.2) is 35.3 Å². The lowest BCUT2D eigenvalue weighted by Gasteiger charge is -2.21. The summed E-state index contributed by atoms with van der Waals surface area (Å²) in [6.07, 6.45) is -6.37. The first-order valence-electron chi connectivity index (χ1n) is 11.4. The molecule has 3 aromatic rings. The molecule has 1 aliphatic heterocycles. The highest BCUT2D eigenvalue weighted by atomic mass is 19.4. The summed E-state index contributed by atoms with van der Waals surface area (Å²) in [4.78, 5) is 43.7. The van der Waals surface area contributed by atoms with Crippen LogP contribution < -0.4 is 15.6 Å². The summed E-state index contributed by atoms with van der Waals surface area (Å²) in [6.45, 7) is -0.136. The molecule has 1 aromatic carbocycles. The highest BCUT2D eigenvalue weighted by molar-refractivity contribution is 5.99. The van der Waals surface area contributed by atoms with E-state index >= 15 is 0 Å². The van der Waals surface area contributed by atoms with Crippen molar-refractivity contribution in [2.45, 2.75) is 43.5 Å². The van der Waals surface area contributed by atoms with Crippen molar-refractivity contribution in [3.8, 4) is 5.69 Å². The topological polar surface area (TPSA) is 105 Å². The molecular weight excluding hydrogens is 522 g/mol. The summed E-state index contributed by atoms with van der Waals surface area (Å²) in [6, 6.07) is 3.06. The van der Waals surface area contributed by atoms with Crippen LogP contribution in [0.3, 0.4) is 0 Å². The van der Waals surface area contributed by atoms with Gasteiger partial charge in [-0.15, -0.1) is 0 Å². The Bertz CT molecular complexity index is 1530. The van der Waals surface area contributed by atoms with Crippen LogP contribution in [0.5, 0.6) is 0 Å². The Morgan fingerprint density at radius 3 is 2.34 bits per heavy atom. The summed E-state index contributed by atoms with van der Waals surface area (Å²) in [7, 11) is 0. The second-order valence-corrected chi connectivity index (χ2v) is 9.39. The number of fused-ring (bicyclic) bond motifs is 1. The highest BCUT2D eigenvalue weighted by Crippen LogP contribution is 2.44. The lowest BCUT2D eigenvalue weighted by atomic mass is 10.1. The number of aromatic nitrogens is 2. The molecule has 1 saturated carbocycles. The molecule has 2 aromatic heterocycles. The van der Waals surface area contributed by atoms with E-state index < -0.39 is 75.8 Å². The van der Waals surface area contributed by atoms with Gasteiger partial charge < -0.3 is 10.4 Å². The minimum atomic E-state index is -4.59. The van der Waals surface area contributed by atoms with Crippen LogP contribution in [0.1, 0.15) is 36.0 Å². The average Bonchev–Trinajstić information content (AvgIpc) is 3.44. The quantitative estimate of drug-likeness (QED) is 0.484. The van der Waals surface area contributed by atoms with Gasteiger partial charge in [-0.3, -0.25) is 23.9 Å². The van der Waals surface area contributed by atoms with Crippen LogP contribution in [0.25, 0.3) is 16.7 Å². The van der Waals surface area contributed by atoms with E-state index in [1.807, 2.05) is 0 Å². The molecule has 38 heavy (non-hydrogen) atoms. The molecular formula is C24H18F6N4O4. The number of rotatable bonds is 5. The van der Waals surface area contributed by atoms with Crippen molar-refractivity contribution in [3.05, 3.63) is 63.7 Å². The molecule has 1 unspecified atom stereocenters. The zero-order valence-electron chi connectivity index (χ0n) is 19.3. The molecule has 1 atom stereocenters. The molecule has 2 N–H and O–H groups in total. The first-order valence-corrected chi connectivity index (χ1v) is 11.4. The molecule has 2 amide bonds. The van der Waals surface area contributed by atoms with Crippen molar-refractivity contribution < 1.29 is 41.0 Å². The van der Waals surface area contributed by atoms with Crippen molar-refractivity contribution in [2.24, 2.45) is 0 Å². The van der Waals surface area contributed by atoms with Gasteiger partial charge in [-0.1, -0.05) is 0 Å². The standard InChI is InChI=1S/C24H18F6N4O4/c25-11-5-15(26)19(16(27)6-11)34-9-14(22(38)32-23(3-4-23)10-24(28,29)30)20(37)13-1-2-17(31-21(13)34)33-8-12(35)7-18(33)36/h1-2,5-6,9,12,35H,3-4,7-8,10H2,(H,32,38). The molecule has 1 saturated heterocycles. The average molecular weight is 540 g/mol. The number of aliphatic hydroxyl groups excluding tert-OH is 1. The van der Waals surface area contributed by atoms with Crippen molar-refractivity contribution >= 4 is 28.7 Å². The van der Waals surface area contributed by atoms with E-state index in [0.717, 1.165) is 11.0 Å². The fourth-order valence-corrected chi connectivity index (χ4v) is 4.54. The van der Waals surface area contributed by atoms with Crippen molar-refractivity contribution in [1.29, 1.82) is 0 Å². The number of carbonyl (C=O) groups excluding carboxylic acids is 2. The summed E-state index contributed by atoms with van der Waals surface area (Å²) in [5.41, 5.74) is -4.66. The normalized spacial score (nSPS) is 18.8. The number of hydrogen-bond acceptors (Lipinski definition) is 5. The van der Waals surface area contributed by atoms with Crippen LogP contribution in [0.4, 0.5) is 32.2 Å². The van der Waals surface area contributed by atoms with Crippen LogP contribution in [-0.2, 0) is 4.79 Å². The van der Waals surface area contributed by atoms with Crippen LogP contribution in [0, 0.1) is 17.5 Å².